The number of nitrogens with one attached hydrogen (secondary N) is 6. The number of carbonyl (C=O) groups is 2. The van der Waals surface area contributed by atoms with Gasteiger partial charge in [0.05, 0.1) is 0 Å². The molecule has 0 aromatic rings. The maximum absolute atomic E-state index is 12.1. The van der Waals surface area contributed by atoms with Gasteiger partial charge in [0, 0.05) is 78.3 Å². The Morgan fingerprint density at radius 2 is 0.444 bits per heavy atom. The molecule has 0 unspecified atom stereocenters. The summed E-state index contributed by atoms with van der Waals surface area (Å²) in [6.07, 6.45) is 41.9. The Morgan fingerprint density at radius 3 is 0.667 bits per heavy atom. The molecule has 8 heteroatoms. The molecule has 0 saturated heterocycles. The summed E-state index contributed by atoms with van der Waals surface area (Å²) in [7, 11) is 0. The van der Waals surface area contributed by atoms with Crippen LogP contribution in [0, 0.1) is 0 Å². The molecule has 0 aliphatic rings. The van der Waals surface area contributed by atoms with Crippen molar-refractivity contribution in [1.82, 2.24) is 31.9 Å². The predicted octanol–water partition coefficient (Wildman–Crippen LogP) is 10.1. The van der Waals surface area contributed by atoms with E-state index in [1.165, 1.54) is 180 Å². The van der Waals surface area contributed by atoms with Gasteiger partial charge in [-0.3, -0.25) is 9.59 Å². The topological polar surface area (TPSA) is 106 Å². The average Bonchev–Trinajstić information content (AvgIpc) is 3.17. The first-order valence-electron chi connectivity index (χ1n) is 24.1. The van der Waals surface area contributed by atoms with Crippen molar-refractivity contribution < 1.29 is 9.59 Å². The van der Waals surface area contributed by atoms with Gasteiger partial charge in [0.1, 0.15) is 0 Å². The van der Waals surface area contributed by atoms with Crippen LogP contribution in [0.15, 0.2) is 0 Å². The first kappa shape index (κ1) is 52.8. The quantitative estimate of drug-likeness (QED) is 0.0345. The Hall–Kier alpha value is -1.22. The fourth-order valence-electron chi connectivity index (χ4n) is 7.10. The molecule has 0 radical (unpaired) electrons. The van der Waals surface area contributed by atoms with Gasteiger partial charge in [0.15, 0.2) is 0 Å². The van der Waals surface area contributed by atoms with Crippen molar-refractivity contribution in [1.29, 1.82) is 0 Å². The van der Waals surface area contributed by atoms with Gasteiger partial charge in [-0.2, -0.15) is 0 Å². The van der Waals surface area contributed by atoms with Crippen LogP contribution >= 0.6 is 0 Å². The minimum atomic E-state index is 0.195. The third kappa shape index (κ3) is 46.9. The summed E-state index contributed by atoms with van der Waals surface area (Å²) in [5.41, 5.74) is 0. The lowest BCUT2D eigenvalue weighted by molar-refractivity contribution is -0.122. The number of carbonyl (C=O) groups excluding carboxylic acids is 2. The van der Waals surface area contributed by atoms with Crippen molar-refractivity contribution in [2.45, 2.75) is 219 Å². The lowest BCUT2D eigenvalue weighted by Gasteiger charge is -2.10. The van der Waals surface area contributed by atoms with Gasteiger partial charge in [-0.1, -0.05) is 194 Å². The smallest absolute Gasteiger partial charge is 0.220 e. The SMILES string of the molecule is CCCCCCCCCCCCCCCCCC(=O)NCCNCCNCCNCCNCCNC(=O)CCCCCCCCCCCCCCCCC. The standard InChI is InChI=1S/C46H96N6O2/c1-3-5-7-9-11-13-15-17-19-21-23-25-27-29-31-33-45(53)51-43-41-49-39-37-47-35-36-48-38-40-50-42-44-52-46(54)34-32-30-28-26-24-22-20-18-16-14-12-10-8-6-4-2/h47-50H,3-44H2,1-2H3,(H,51,53)(H,52,54). The van der Waals surface area contributed by atoms with Gasteiger partial charge in [-0.05, 0) is 12.8 Å². The van der Waals surface area contributed by atoms with Crippen LogP contribution in [0.2, 0.25) is 0 Å². The minimum Gasteiger partial charge on any atom is -0.355 e. The van der Waals surface area contributed by atoms with Crippen molar-refractivity contribution in [3.63, 3.8) is 0 Å². The van der Waals surface area contributed by atoms with Crippen molar-refractivity contribution in [3.05, 3.63) is 0 Å². The lowest BCUT2D eigenvalue weighted by Crippen LogP contribution is -2.38. The molecule has 54 heavy (non-hydrogen) atoms. The van der Waals surface area contributed by atoms with Gasteiger partial charge in [0.25, 0.3) is 0 Å². The second kappa shape index (κ2) is 47.9. The Bertz CT molecular complexity index is 680. The number of rotatable bonds is 47. The van der Waals surface area contributed by atoms with Crippen molar-refractivity contribution in [2.24, 2.45) is 0 Å². The van der Waals surface area contributed by atoms with Gasteiger partial charge < -0.3 is 31.9 Å². The van der Waals surface area contributed by atoms with E-state index in [-0.39, 0.29) is 11.8 Å². The molecule has 8 nitrogen and oxygen atoms in total. The molecule has 0 aromatic carbocycles. The van der Waals surface area contributed by atoms with E-state index < -0.39 is 0 Å². The van der Waals surface area contributed by atoms with Crippen LogP contribution in [0.5, 0.6) is 0 Å². The highest BCUT2D eigenvalue weighted by molar-refractivity contribution is 5.76. The third-order valence-corrected chi connectivity index (χ3v) is 10.7. The molecule has 6 N–H and O–H groups in total. The molecule has 2 amide bonds. The van der Waals surface area contributed by atoms with E-state index in [2.05, 4.69) is 45.7 Å². The minimum absolute atomic E-state index is 0.195. The van der Waals surface area contributed by atoms with Crippen molar-refractivity contribution in [2.75, 3.05) is 65.4 Å². The maximum Gasteiger partial charge on any atom is 0.220 e. The summed E-state index contributed by atoms with van der Waals surface area (Å²) in [5, 5.41) is 19.8. The van der Waals surface area contributed by atoms with Crippen LogP contribution in [0.25, 0.3) is 0 Å². The fourth-order valence-corrected chi connectivity index (χ4v) is 7.10. The van der Waals surface area contributed by atoms with E-state index in [1.54, 1.807) is 0 Å². The lowest BCUT2D eigenvalue weighted by atomic mass is 10.0. The number of hydrogen-bond acceptors (Lipinski definition) is 6. The van der Waals surface area contributed by atoms with Gasteiger partial charge in [-0.15, -0.1) is 0 Å². The van der Waals surface area contributed by atoms with E-state index in [9.17, 15) is 9.59 Å². The molecule has 0 aromatic heterocycles. The second-order valence-electron chi connectivity index (χ2n) is 16.1. The summed E-state index contributed by atoms with van der Waals surface area (Å²) in [6.45, 7) is 13.1. The summed E-state index contributed by atoms with van der Waals surface area (Å²) in [4.78, 5) is 24.2. The van der Waals surface area contributed by atoms with E-state index in [4.69, 9.17) is 0 Å². The summed E-state index contributed by atoms with van der Waals surface area (Å²) >= 11 is 0. The maximum atomic E-state index is 12.1. The van der Waals surface area contributed by atoms with E-state index >= 15 is 0 Å². The summed E-state index contributed by atoms with van der Waals surface area (Å²) in [5.74, 6) is 0.390. The van der Waals surface area contributed by atoms with Crippen LogP contribution in [-0.2, 0) is 9.59 Å². The third-order valence-electron chi connectivity index (χ3n) is 10.7. The average molecular weight is 765 g/mol. The van der Waals surface area contributed by atoms with Crippen LogP contribution < -0.4 is 31.9 Å². The summed E-state index contributed by atoms with van der Waals surface area (Å²) in [6, 6.07) is 0. The molecule has 0 rings (SSSR count). The molecule has 0 spiro atoms. The Morgan fingerprint density at radius 1 is 0.259 bits per heavy atom. The Kier molecular flexibility index (Phi) is 46.8. The molecule has 0 heterocycles. The zero-order valence-electron chi connectivity index (χ0n) is 36.5. The fraction of sp³-hybridized carbons (Fsp3) is 0.957. The van der Waals surface area contributed by atoms with Crippen LogP contribution in [0.3, 0.4) is 0 Å². The normalized spacial score (nSPS) is 11.4. The molecule has 322 valence electrons. The Balaban J connectivity index is 3.20. The molecule has 0 atom stereocenters. The molecular formula is C46H96N6O2. The van der Waals surface area contributed by atoms with Crippen LogP contribution in [0.4, 0.5) is 0 Å². The van der Waals surface area contributed by atoms with Crippen LogP contribution in [0.1, 0.15) is 219 Å². The second-order valence-corrected chi connectivity index (χ2v) is 16.1. The molecule has 0 aliphatic heterocycles. The zero-order chi connectivity index (χ0) is 39.1. The van der Waals surface area contributed by atoms with Gasteiger partial charge in [-0.25, -0.2) is 0 Å². The highest BCUT2D eigenvalue weighted by Crippen LogP contribution is 2.15. The predicted molar refractivity (Wildman–Crippen MR) is 237 cm³/mol. The highest BCUT2D eigenvalue weighted by Gasteiger charge is 2.02. The largest absolute Gasteiger partial charge is 0.355 e. The van der Waals surface area contributed by atoms with Gasteiger partial charge >= 0.3 is 0 Å². The van der Waals surface area contributed by atoms with Crippen LogP contribution in [-0.4, -0.2) is 77.3 Å². The molecule has 0 aliphatic carbocycles. The monoisotopic (exact) mass is 765 g/mol. The van der Waals surface area contributed by atoms with E-state index in [1.807, 2.05) is 0 Å². The first-order chi connectivity index (χ1) is 26.7. The van der Waals surface area contributed by atoms with Gasteiger partial charge in [0.2, 0.25) is 11.8 Å². The highest BCUT2D eigenvalue weighted by atomic mass is 16.2. The van der Waals surface area contributed by atoms with Crippen molar-refractivity contribution >= 4 is 11.8 Å². The number of hydrogen-bond donors (Lipinski definition) is 6. The first-order valence-corrected chi connectivity index (χ1v) is 24.1. The number of unbranched alkanes of at least 4 members (excludes halogenated alkanes) is 28. The Labute approximate surface area is 337 Å². The van der Waals surface area contributed by atoms with Crippen molar-refractivity contribution in [3.8, 4) is 0 Å². The molecule has 0 fully saturated rings. The molecule has 0 saturated carbocycles. The van der Waals surface area contributed by atoms with E-state index in [0.29, 0.717) is 25.9 Å². The number of amides is 2. The van der Waals surface area contributed by atoms with E-state index in [0.717, 1.165) is 65.2 Å². The molecular weight excluding hydrogens is 669 g/mol. The zero-order valence-corrected chi connectivity index (χ0v) is 36.5. The summed E-state index contributed by atoms with van der Waals surface area (Å²) < 4.78 is 0. The molecule has 0 bridgehead atoms.